The maximum atomic E-state index is 7.03. The number of rotatable bonds is 2. The molecule has 10 rings (SSSR count). The third-order valence-electron chi connectivity index (χ3n) is 14.1. The maximum Gasteiger partial charge on any atom is 0.252 e. The molecule has 0 bridgehead atoms. The van der Waals surface area contributed by atoms with Gasteiger partial charge in [0.1, 0.15) is 5.58 Å². The van der Waals surface area contributed by atoms with E-state index in [0.29, 0.717) is 0 Å². The van der Waals surface area contributed by atoms with Crippen LogP contribution in [0.15, 0.2) is 108 Å². The summed E-state index contributed by atoms with van der Waals surface area (Å²) in [5, 5.41) is 2.31. The highest BCUT2D eigenvalue weighted by Gasteiger charge is 2.48. The van der Waals surface area contributed by atoms with Crippen molar-refractivity contribution in [3.8, 4) is 0 Å². The highest BCUT2D eigenvalue weighted by atomic mass is 16.3. The van der Waals surface area contributed by atoms with E-state index in [1.807, 2.05) is 0 Å². The van der Waals surface area contributed by atoms with Crippen LogP contribution < -0.4 is 26.2 Å². The van der Waals surface area contributed by atoms with Gasteiger partial charge in [-0.15, -0.1) is 0 Å². The normalized spacial score (nSPS) is 16.7. The zero-order valence-corrected chi connectivity index (χ0v) is 36.6. The van der Waals surface area contributed by atoms with Crippen LogP contribution in [0.25, 0.3) is 21.9 Å². The predicted molar refractivity (Wildman–Crippen MR) is 250 cm³/mol. The Kier molecular flexibility index (Phi) is 7.78. The van der Waals surface area contributed by atoms with Gasteiger partial charge in [0.2, 0.25) is 0 Å². The van der Waals surface area contributed by atoms with E-state index in [9.17, 15) is 0 Å². The van der Waals surface area contributed by atoms with Gasteiger partial charge < -0.3 is 14.2 Å². The van der Waals surface area contributed by atoms with Gasteiger partial charge in [-0.05, 0) is 135 Å². The van der Waals surface area contributed by atoms with Gasteiger partial charge in [0, 0.05) is 39.2 Å². The number of nitrogens with zero attached hydrogens (tertiary/aromatic N) is 2. The molecule has 1 aliphatic carbocycles. The molecule has 0 spiro atoms. The molecule has 292 valence electrons. The Labute approximate surface area is 346 Å². The molecule has 0 atom stereocenters. The van der Waals surface area contributed by atoms with Crippen molar-refractivity contribution in [3.05, 3.63) is 137 Å². The number of para-hydroxylation sites is 2. The van der Waals surface area contributed by atoms with Gasteiger partial charge in [-0.2, -0.15) is 0 Å². The van der Waals surface area contributed by atoms with Crippen LogP contribution in [0.4, 0.5) is 34.1 Å². The molecular formula is C54H57BN2O. The lowest BCUT2D eigenvalue weighted by Gasteiger charge is -2.48. The van der Waals surface area contributed by atoms with E-state index in [0.717, 1.165) is 27.6 Å². The van der Waals surface area contributed by atoms with Crippen molar-refractivity contribution in [2.45, 2.75) is 118 Å². The Morgan fingerprint density at radius 1 is 0.534 bits per heavy atom. The number of hydrogen-bond acceptors (Lipinski definition) is 3. The van der Waals surface area contributed by atoms with Crippen LogP contribution in [0.1, 0.15) is 115 Å². The lowest BCUT2D eigenvalue weighted by Crippen LogP contribution is -2.62. The van der Waals surface area contributed by atoms with Crippen LogP contribution in [-0.2, 0) is 21.7 Å². The third-order valence-corrected chi connectivity index (χ3v) is 14.1. The van der Waals surface area contributed by atoms with E-state index in [1.165, 1.54) is 91.0 Å². The molecule has 2 aliphatic heterocycles. The summed E-state index contributed by atoms with van der Waals surface area (Å²) < 4.78 is 7.03. The fraction of sp³-hybridized carbons (Fsp3) is 0.333. The first-order chi connectivity index (χ1) is 27.3. The highest BCUT2D eigenvalue weighted by Crippen LogP contribution is 2.52. The van der Waals surface area contributed by atoms with Crippen molar-refractivity contribution in [2.24, 2.45) is 0 Å². The molecule has 0 radical (unpaired) electrons. The average molecular weight is 761 g/mol. The number of hydrogen-bond donors (Lipinski definition) is 0. The van der Waals surface area contributed by atoms with Crippen LogP contribution in [0, 0.1) is 13.8 Å². The zero-order chi connectivity index (χ0) is 40.8. The summed E-state index contributed by atoms with van der Waals surface area (Å²) in [5.74, 6) is 0. The van der Waals surface area contributed by atoms with Crippen molar-refractivity contribution in [1.82, 2.24) is 0 Å². The molecule has 0 N–H and O–H groups in total. The van der Waals surface area contributed by atoms with E-state index in [2.05, 4.69) is 196 Å². The molecule has 0 saturated carbocycles. The summed E-state index contributed by atoms with van der Waals surface area (Å²) in [5.41, 5.74) is 21.5. The summed E-state index contributed by atoms with van der Waals surface area (Å²) >= 11 is 0. The first kappa shape index (κ1) is 37.1. The largest absolute Gasteiger partial charge is 0.454 e. The Hall–Kier alpha value is -5.22. The molecule has 6 aromatic carbocycles. The zero-order valence-electron chi connectivity index (χ0n) is 36.6. The van der Waals surface area contributed by atoms with E-state index < -0.39 is 0 Å². The molecule has 0 fully saturated rings. The topological polar surface area (TPSA) is 19.6 Å². The Bertz CT molecular complexity index is 2860. The Morgan fingerprint density at radius 3 is 1.83 bits per heavy atom. The fourth-order valence-electron chi connectivity index (χ4n) is 10.4. The lowest BCUT2D eigenvalue weighted by molar-refractivity contribution is 0.332. The second kappa shape index (κ2) is 12.2. The molecule has 0 unspecified atom stereocenters. The quantitative estimate of drug-likeness (QED) is 0.164. The molecule has 4 heteroatoms. The Morgan fingerprint density at radius 2 is 1.16 bits per heavy atom. The third kappa shape index (κ3) is 5.32. The van der Waals surface area contributed by atoms with E-state index in [-0.39, 0.29) is 28.4 Å². The summed E-state index contributed by atoms with van der Waals surface area (Å²) in [6, 6.07) is 39.7. The van der Waals surface area contributed by atoms with Gasteiger partial charge in [-0.1, -0.05) is 136 Å². The van der Waals surface area contributed by atoms with E-state index in [1.54, 1.807) is 0 Å². The summed E-state index contributed by atoms with van der Waals surface area (Å²) in [6.07, 6.45) is 2.34. The van der Waals surface area contributed by atoms with Crippen LogP contribution >= 0.6 is 0 Å². The van der Waals surface area contributed by atoms with Crippen molar-refractivity contribution in [3.63, 3.8) is 0 Å². The average Bonchev–Trinajstić information content (AvgIpc) is 3.55. The minimum absolute atomic E-state index is 0.00144. The number of anilines is 6. The van der Waals surface area contributed by atoms with Crippen molar-refractivity contribution in [1.29, 1.82) is 0 Å². The van der Waals surface area contributed by atoms with Crippen LogP contribution in [0.2, 0.25) is 0 Å². The SMILES string of the molecule is Cc1cc(C(C)(C)C)ccc1N1c2cc3c(cc2B2c4ccc5c(oc6ccccc65)c4N(c4ccccc4C)c4cc(C(C)(C)C)cc1c42)C(C)(C)CCC3(C)C. The molecule has 0 amide bonds. The van der Waals surface area contributed by atoms with Crippen LogP contribution in [-0.4, -0.2) is 6.71 Å². The minimum atomic E-state index is -0.108. The van der Waals surface area contributed by atoms with Crippen molar-refractivity contribution >= 4 is 79.2 Å². The van der Waals surface area contributed by atoms with Gasteiger partial charge in [0.05, 0.1) is 5.69 Å². The van der Waals surface area contributed by atoms with Crippen LogP contribution in [0.5, 0.6) is 0 Å². The van der Waals surface area contributed by atoms with E-state index >= 15 is 0 Å². The molecule has 7 aromatic rings. The van der Waals surface area contributed by atoms with Gasteiger partial charge in [-0.25, -0.2) is 0 Å². The first-order valence-corrected chi connectivity index (χ1v) is 21.4. The predicted octanol–water partition coefficient (Wildman–Crippen LogP) is 13.2. The smallest absolute Gasteiger partial charge is 0.252 e. The van der Waals surface area contributed by atoms with Gasteiger partial charge >= 0.3 is 0 Å². The summed E-state index contributed by atoms with van der Waals surface area (Å²) in [7, 11) is 0. The van der Waals surface area contributed by atoms with Gasteiger partial charge in [0.25, 0.3) is 6.71 Å². The van der Waals surface area contributed by atoms with Gasteiger partial charge in [0.15, 0.2) is 5.58 Å². The lowest BCUT2D eigenvalue weighted by atomic mass is 9.33. The fourth-order valence-corrected chi connectivity index (χ4v) is 10.4. The molecule has 1 aromatic heterocycles. The second-order valence-corrected chi connectivity index (χ2v) is 21.0. The molecule has 0 saturated heterocycles. The van der Waals surface area contributed by atoms with Crippen LogP contribution in [0.3, 0.4) is 0 Å². The maximum absolute atomic E-state index is 7.03. The monoisotopic (exact) mass is 760 g/mol. The Balaban J connectivity index is 1.40. The van der Waals surface area contributed by atoms with Crippen molar-refractivity contribution in [2.75, 3.05) is 9.80 Å². The van der Waals surface area contributed by atoms with Gasteiger partial charge in [-0.3, -0.25) is 0 Å². The standard InChI is InChI=1S/C54H57BN2O/c1-32-17-13-15-19-42(32)57-46-29-35(52(6,7)8)28-45-48(46)55(40-23-22-37-36-18-14-16-20-47(36)58-50(37)49(40)57)41-30-38-39(54(11,12)26-25-53(38,9)10)31-44(41)56(45)43-24-21-34(27-33(43)2)51(3,4)5/h13-24,27-31H,25-26H2,1-12H3. The van der Waals surface area contributed by atoms with Crippen molar-refractivity contribution < 1.29 is 4.42 Å². The second-order valence-electron chi connectivity index (χ2n) is 21.0. The number of fused-ring (bicyclic) bond motifs is 9. The summed E-state index contributed by atoms with van der Waals surface area (Å²) in [6.45, 7) is 28.4. The number of furan rings is 1. The molecule has 3 nitrogen and oxygen atoms in total. The molecule has 58 heavy (non-hydrogen) atoms. The number of aryl methyl sites for hydroxylation is 2. The highest BCUT2D eigenvalue weighted by molar-refractivity contribution is 7.00. The molecular weight excluding hydrogens is 703 g/mol. The molecule has 3 aliphatic rings. The first-order valence-electron chi connectivity index (χ1n) is 21.4. The molecule has 3 heterocycles. The number of benzene rings is 6. The van der Waals surface area contributed by atoms with E-state index in [4.69, 9.17) is 4.42 Å². The minimum Gasteiger partial charge on any atom is -0.454 e. The summed E-state index contributed by atoms with van der Waals surface area (Å²) in [4.78, 5) is 5.21.